The maximum absolute atomic E-state index is 12.9. The number of nitrogens with one attached hydrogen (secondary N) is 1. The first-order valence-electron chi connectivity index (χ1n) is 8.60. The Morgan fingerprint density at radius 2 is 2.28 bits per heavy atom. The van der Waals surface area contributed by atoms with Crippen LogP contribution in [0.1, 0.15) is 34.9 Å². The number of benzene rings is 1. The van der Waals surface area contributed by atoms with Gasteiger partial charge in [0, 0.05) is 43.5 Å². The average Bonchev–Trinajstić information content (AvgIpc) is 3.31. The third-order valence-electron chi connectivity index (χ3n) is 4.82. The molecule has 0 saturated carbocycles. The van der Waals surface area contributed by atoms with Crippen LogP contribution in [0.5, 0.6) is 0 Å². The van der Waals surface area contributed by atoms with Gasteiger partial charge in [-0.15, -0.1) is 0 Å². The Balaban J connectivity index is 1.54. The third-order valence-corrected chi connectivity index (χ3v) is 4.82. The number of aliphatic hydroxyl groups excluding tert-OH is 1. The van der Waals surface area contributed by atoms with Crippen molar-refractivity contribution in [1.29, 1.82) is 0 Å². The van der Waals surface area contributed by atoms with Crippen LogP contribution in [0.25, 0.3) is 11.0 Å². The van der Waals surface area contributed by atoms with Crippen LogP contribution in [0.3, 0.4) is 0 Å². The molecule has 4 rings (SSSR count). The topological polar surface area (TPSA) is 87.0 Å². The van der Waals surface area contributed by atoms with Crippen molar-refractivity contribution in [2.45, 2.75) is 25.3 Å². The van der Waals surface area contributed by atoms with E-state index in [1.54, 1.807) is 12.5 Å². The van der Waals surface area contributed by atoms with Crippen molar-refractivity contribution in [3.8, 4) is 0 Å². The van der Waals surface area contributed by atoms with Crippen molar-refractivity contribution < 1.29 is 9.90 Å². The van der Waals surface area contributed by atoms with Gasteiger partial charge in [0.2, 0.25) is 0 Å². The SMILES string of the molecule is O=C(c1ccc2c(c1)ncn2CCO)N1CCC[C@H](c2ncc[nH]2)C1. The summed E-state index contributed by atoms with van der Waals surface area (Å²) in [6, 6.07) is 5.58. The number of amides is 1. The van der Waals surface area contributed by atoms with Crippen LogP contribution in [-0.4, -0.2) is 55.1 Å². The monoisotopic (exact) mass is 339 g/mol. The minimum Gasteiger partial charge on any atom is -0.395 e. The van der Waals surface area contributed by atoms with Crippen LogP contribution < -0.4 is 0 Å². The Kier molecular flexibility index (Phi) is 4.23. The normalized spacial score (nSPS) is 18.0. The number of nitrogens with zero attached hydrogens (tertiary/aromatic N) is 4. The molecule has 3 aromatic rings. The first-order chi connectivity index (χ1) is 12.3. The molecule has 1 atom stereocenters. The number of H-pyrrole nitrogens is 1. The van der Waals surface area contributed by atoms with E-state index in [1.165, 1.54) is 0 Å². The Morgan fingerprint density at radius 1 is 1.36 bits per heavy atom. The number of hydrogen-bond donors (Lipinski definition) is 2. The van der Waals surface area contributed by atoms with Gasteiger partial charge in [-0.1, -0.05) is 0 Å². The number of hydrogen-bond acceptors (Lipinski definition) is 4. The number of aromatic amines is 1. The number of likely N-dealkylation sites (tertiary alicyclic amines) is 1. The highest BCUT2D eigenvalue weighted by Crippen LogP contribution is 2.26. The maximum Gasteiger partial charge on any atom is 0.253 e. The summed E-state index contributed by atoms with van der Waals surface area (Å²) in [6.07, 6.45) is 7.30. The van der Waals surface area contributed by atoms with Crippen molar-refractivity contribution in [2.24, 2.45) is 0 Å². The van der Waals surface area contributed by atoms with Gasteiger partial charge in [0.15, 0.2) is 0 Å². The van der Waals surface area contributed by atoms with Crippen molar-refractivity contribution >= 4 is 16.9 Å². The van der Waals surface area contributed by atoms with Crippen molar-refractivity contribution in [3.63, 3.8) is 0 Å². The van der Waals surface area contributed by atoms with Crippen LogP contribution >= 0.6 is 0 Å². The minimum absolute atomic E-state index is 0.0369. The summed E-state index contributed by atoms with van der Waals surface area (Å²) in [4.78, 5) is 26.7. The molecule has 7 nitrogen and oxygen atoms in total. The standard InChI is InChI=1S/C18H21N5O2/c24-9-8-23-12-21-15-10-13(3-4-16(15)23)18(25)22-7-1-2-14(11-22)17-19-5-6-20-17/h3-6,10,12,14,24H,1-2,7-9,11H2,(H,19,20)/t14-/m0/s1. The van der Waals surface area contributed by atoms with E-state index in [4.69, 9.17) is 5.11 Å². The number of piperidine rings is 1. The van der Waals surface area contributed by atoms with Crippen LogP contribution in [0.15, 0.2) is 36.9 Å². The zero-order chi connectivity index (χ0) is 17.2. The van der Waals surface area contributed by atoms with Crippen LogP contribution in [0.2, 0.25) is 0 Å². The van der Waals surface area contributed by atoms with Gasteiger partial charge in [0.25, 0.3) is 5.91 Å². The number of fused-ring (bicyclic) bond motifs is 1. The lowest BCUT2D eigenvalue weighted by Crippen LogP contribution is -2.39. The highest BCUT2D eigenvalue weighted by molar-refractivity contribution is 5.97. The molecule has 25 heavy (non-hydrogen) atoms. The Bertz CT molecular complexity index is 871. The lowest BCUT2D eigenvalue weighted by atomic mass is 9.96. The molecule has 0 radical (unpaired) electrons. The zero-order valence-corrected chi connectivity index (χ0v) is 13.9. The fourth-order valence-corrected chi connectivity index (χ4v) is 3.55. The number of imidazole rings is 2. The van der Waals surface area contributed by atoms with E-state index >= 15 is 0 Å². The van der Waals surface area contributed by atoms with Gasteiger partial charge in [-0.3, -0.25) is 4.79 Å². The van der Waals surface area contributed by atoms with Crippen LogP contribution in [0.4, 0.5) is 0 Å². The molecule has 1 amide bonds. The lowest BCUT2D eigenvalue weighted by molar-refractivity contribution is 0.0705. The van der Waals surface area contributed by atoms with Gasteiger partial charge < -0.3 is 19.6 Å². The van der Waals surface area contributed by atoms with E-state index in [1.807, 2.05) is 33.9 Å². The van der Waals surface area contributed by atoms with Gasteiger partial charge in [-0.2, -0.15) is 0 Å². The van der Waals surface area contributed by atoms with Gasteiger partial charge in [0.1, 0.15) is 5.82 Å². The van der Waals surface area contributed by atoms with Crippen molar-refractivity contribution in [2.75, 3.05) is 19.7 Å². The molecule has 2 aromatic heterocycles. The molecule has 0 unspecified atom stereocenters. The molecule has 0 aliphatic carbocycles. The Morgan fingerprint density at radius 3 is 3.08 bits per heavy atom. The number of rotatable bonds is 4. The van der Waals surface area contributed by atoms with Gasteiger partial charge in [0.05, 0.1) is 24.0 Å². The minimum atomic E-state index is 0.0369. The molecule has 1 fully saturated rings. The van der Waals surface area contributed by atoms with Crippen LogP contribution in [-0.2, 0) is 6.54 Å². The first kappa shape index (κ1) is 15.8. The average molecular weight is 339 g/mol. The molecule has 3 heterocycles. The zero-order valence-electron chi connectivity index (χ0n) is 13.9. The van der Waals surface area contributed by atoms with E-state index in [0.717, 1.165) is 36.2 Å². The summed E-state index contributed by atoms with van der Waals surface area (Å²) in [5.41, 5.74) is 2.36. The highest BCUT2D eigenvalue weighted by atomic mass is 16.3. The molecular weight excluding hydrogens is 318 g/mol. The summed E-state index contributed by atoms with van der Waals surface area (Å²) in [5.74, 6) is 1.26. The van der Waals surface area contributed by atoms with E-state index in [-0.39, 0.29) is 18.4 Å². The summed E-state index contributed by atoms with van der Waals surface area (Å²) >= 11 is 0. The molecule has 1 saturated heterocycles. The predicted octanol–water partition coefficient (Wildman–Crippen LogP) is 1.77. The molecule has 0 bridgehead atoms. The quantitative estimate of drug-likeness (QED) is 0.758. The third kappa shape index (κ3) is 3.02. The second-order valence-corrected chi connectivity index (χ2v) is 6.43. The summed E-state index contributed by atoms with van der Waals surface area (Å²) in [7, 11) is 0. The smallest absolute Gasteiger partial charge is 0.253 e. The summed E-state index contributed by atoms with van der Waals surface area (Å²) in [5, 5.41) is 9.10. The number of carbonyl (C=O) groups excluding carboxylic acids is 1. The highest BCUT2D eigenvalue weighted by Gasteiger charge is 2.27. The van der Waals surface area contributed by atoms with Crippen molar-refractivity contribution in [1.82, 2.24) is 24.4 Å². The van der Waals surface area contributed by atoms with E-state index in [9.17, 15) is 4.79 Å². The van der Waals surface area contributed by atoms with Gasteiger partial charge in [-0.25, -0.2) is 9.97 Å². The molecule has 0 spiro atoms. The van der Waals surface area contributed by atoms with Gasteiger partial charge in [-0.05, 0) is 31.0 Å². The molecule has 1 aliphatic heterocycles. The predicted molar refractivity (Wildman–Crippen MR) is 93.3 cm³/mol. The number of aromatic nitrogens is 4. The molecule has 1 aromatic carbocycles. The first-order valence-corrected chi connectivity index (χ1v) is 8.60. The fraction of sp³-hybridized carbons (Fsp3) is 0.389. The molecule has 1 aliphatic rings. The molecular formula is C18H21N5O2. The summed E-state index contributed by atoms with van der Waals surface area (Å²) in [6.45, 7) is 2.02. The maximum atomic E-state index is 12.9. The van der Waals surface area contributed by atoms with E-state index < -0.39 is 0 Å². The lowest BCUT2D eigenvalue weighted by Gasteiger charge is -2.32. The number of aliphatic hydroxyl groups is 1. The summed E-state index contributed by atoms with van der Waals surface area (Å²) < 4.78 is 1.89. The second kappa shape index (κ2) is 6.68. The Labute approximate surface area is 145 Å². The molecule has 130 valence electrons. The van der Waals surface area contributed by atoms with Crippen LogP contribution in [0, 0.1) is 0 Å². The van der Waals surface area contributed by atoms with E-state index in [0.29, 0.717) is 18.7 Å². The molecule has 7 heteroatoms. The number of carbonyl (C=O) groups is 1. The largest absolute Gasteiger partial charge is 0.395 e. The van der Waals surface area contributed by atoms with E-state index in [2.05, 4.69) is 15.0 Å². The fourth-order valence-electron chi connectivity index (χ4n) is 3.55. The second-order valence-electron chi connectivity index (χ2n) is 6.43. The Hall–Kier alpha value is -2.67. The molecule has 2 N–H and O–H groups in total. The van der Waals surface area contributed by atoms with Crippen molar-refractivity contribution in [3.05, 3.63) is 48.3 Å². The van der Waals surface area contributed by atoms with Gasteiger partial charge >= 0.3 is 0 Å².